The van der Waals surface area contributed by atoms with Gasteiger partial charge in [0.15, 0.2) is 0 Å². The summed E-state index contributed by atoms with van der Waals surface area (Å²) in [7, 11) is 4.90. The monoisotopic (exact) mass is 334 g/mol. The Bertz CT molecular complexity index is 677. The van der Waals surface area contributed by atoms with Crippen molar-refractivity contribution in [2.45, 2.75) is 0 Å². The zero-order valence-electron chi connectivity index (χ0n) is 13.3. The van der Waals surface area contributed by atoms with Crippen molar-refractivity contribution < 1.29 is 14.3 Å². The molecular weight excluding hydrogens is 316 g/mol. The van der Waals surface area contributed by atoms with Crippen LogP contribution < -0.4 is 19.7 Å². The van der Waals surface area contributed by atoms with Crippen molar-refractivity contribution in [2.75, 3.05) is 38.0 Å². The summed E-state index contributed by atoms with van der Waals surface area (Å²) in [5.74, 6) is 0.806. The molecule has 1 N–H and O–H groups in total. The molecule has 0 bridgehead atoms. The van der Waals surface area contributed by atoms with Crippen LogP contribution in [0.4, 0.5) is 11.4 Å². The number of ether oxygens (including phenoxy) is 2. The number of benzene rings is 2. The van der Waals surface area contributed by atoms with E-state index in [-0.39, 0.29) is 12.5 Å². The molecular formula is C17H19ClN2O3. The SMILES string of the molecule is COc1cc(OC)c(NC(=O)CN(C)c2ccccc2)cc1Cl. The number of likely N-dealkylation sites (N-methyl/N-ethyl adjacent to an activating group) is 1. The molecule has 0 aromatic heterocycles. The molecule has 0 heterocycles. The molecule has 0 saturated heterocycles. The molecule has 0 atom stereocenters. The Morgan fingerprint density at radius 1 is 1.13 bits per heavy atom. The van der Waals surface area contributed by atoms with Crippen molar-refractivity contribution in [3.63, 3.8) is 0 Å². The van der Waals surface area contributed by atoms with Gasteiger partial charge < -0.3 is 19.7 Å². The van der Waals surface area contributed by atoms with E-state index in [1.807, 2.05) is 42.3 Å². The van der Waals surface area contributed by atoms with Gasteiger partial charge in [-0.3, -0.25) is 4.79 Å². The minimum atomic E-state index is -0.170. The third kappa shape index (κ3) is 4.29. The first kappa shape index (κ1) is 17.0. The number of nitrogens with one attached hydrogen (secondary N) is 1. The number of amides is 1. The van der Waals surface area contributed by atoms with Crippen LogP contribution in [0.25, 0.3) is 0 Å². The summed E-state index contributed by atoms with van der Waals surface area (Å²) in [6.07, 6.45) is 0. The lowest BCUT2D eigenvalue weighted by Crippen LogP contribution is -2.30. The van der Waals surface area contributed by atoms with E-state index in [1.165, 1.54) is 14.2 Å². The maximum absolute atomic E-state index is 12.2. The number of carbonyl (C=O) groups excluding carboxylic acids is 1. The summed E-state index contributed by atoms with van der Waals surface area (Å²) in [4.78, 5) is 14.1. The summed E-state index contributed by atoms with van der Waals surface area (Å²) >= 11 is 6.10. The molecule has 0 spiro atoms. The fourth-order valence-corrected chi connectivity index (χ4v) is 2.38. The van der Waals surface area contributed by atoms with Crippen molar-refractivity contribution in [2.24, 2.45) is 0 Å². The Balaban J connectivity index is 2.09. The topological polar surface area (TPSA) is 50.8 Å². The molecule has 2 aromatic rings. The quantitative estimate of drug-likeness (QED) is 0.879. The number of anilines is 2. The largest absolute Gasteiger partial charge is 0.495 e. The fraction of sp³-hybridized carbons (Fsp3) is 0.235. The first-order valence-corrected chi connectivity index (χ1v) is 7.40. The summed E-state index contributed by atoms with van der Waals surface area (Å²) in [6, 6.07) is 12.9. The minimum absolute atomic E-state index is 0.170. The van der Waals surface area contributed by atoms with E-state index in [4.69, 9.17) is 21.1 Å². The number of para-hydroxylation sites is 1. The summed E-state index contributed by atoms with van der Waals surface area (Å²) in [6.45, 7) is 0.205. The van der Waals surface area contributed by atoms with Crippen LogP contribution in [0.15, 0.2) is 42.5 Å². The molecule has 6 heteroatoms. The zero-order valence-corrected chi connectivity index (χ0v) is 14.1. The molecule has 0 radical (unpaired) electrons. The van der Waals surface area contributed by atoms with E-state index in [1.54, 1.807) is 12.1 Å². The highest BCUT2D eigenvalue weighted by Gasteiger charge is 2.14. The van der Waals surface area contributed by atoms with E-state index in [0.717, 1.165) is 5.69 Å². The van der Waals surface area contributed by atoms with Gasteiger partial charge in [0, 0.05) is 18.8 Å². The number of halogens is 1. The Morgan fingerprint density at radius 3 is 2.39 bits per heavy atom. The predicted molar refractivity (Wildman–Crippen MR) is 92.9 cm³/mol. The molecule has 0 aliphatic heterocycles. The fourth-order valence-electron chi connectivity index (χ4n) is 2.14. The third-order valence-electron chi connectivity index (χ3n) is 3.33. The Hall–Kier alpha value is -2.40. The van der Waals surface area contributed by atoms with Gasteiger partial charge in [-0.25, -0.2) is 0 Å². The number of rotatable bonds is 6. The van der Waals surface area contributed by atoms with Crippen molar-refractivity contribution in [1.82, 2.24) is 0 Å². The molecule has 1 amide bonds. The maximum atomic E-state index is 12.2. The van der Waals surface area contributed by atoms with Gasteiger partial charge in [-0.05, 0) is 18.2 Å². The van der Waals surface area contributed by atoms with Crippen molar-refractivity contribution in [1.29, 1.82) is 0 Å². The van der Waals surface area contributed by atoms with E-state index >= 15 is 0 Å². The molecule has 2 rings (SSSR count). The van der Waals surface area contributed by atoms with Crippen molar-refractivity contribution >= 4 is 28.9 Å². The first-order valence-electron chi connectivity index (χ1n) is 7.02. The highest BCUT2D eigenvalue weighted by molar-refractivity contribution is 6.32. The summed E-state index contributed by atoms with van der Waals surface area (Å²) < 4.78 is 10.4. The van der Waals surface area contributed by atoms with Gasteiger partial charge in [-0.15, -0.1) is 0 Å². The highest BCUT2D eigenvalue weighted by Crippen LogP contribution is 2.35. The maximum Gasteiger partial charge on any atom is 0.243 e. The van der Waals surface area contributed by atoms with Crippen LogP contribution in [0.2, 0.25) is 5.02 Å². The van der Waals surface area contributed by atoms with Crippen LogP contribution in [0.1, 0.15) is 0 Å². The average molecular weight is 335 g/mol. The van der Waals surface area contributed by atoms with Crippen molar-refractivity contribution in [3.05, 3.63) is 47.5 Å². The summed E-state index contributed by atoms with van der Waals surface area (Å²) in [5.41, 5.74) is 1.46. The first-order chi connectivity index (χ1) is 11.0. The molecule has 2 aromatic carbocycles. The molecule has 0 aliphatic carbocycles. The Morgan fingerprint density at radius 2 is 1.78 bits per heavy atom. The normalized spacial score (nSPS) is 10.1. The van der Waals surface area contributed by atoms with E-state index < -0.39 is 0 Å². The van der Waals surface area contributed by atoms with Gasteiger partial charge in [0.2, 0.25) is 5.91 Å². The van der Waals surface area contributed by atoms with E-state index in [0.29, 0.717) is 22.2 Å². The van der Waals surface area contributed by atoms with Gasteiger partial charge in [0.1, 0.15) is 11.5 Å². The second kappa shape index (κ2) is 7.74. The number of hydrogen-bond donors (Lipinski definition) is 1. The van der Waals surface area contributed by atoms with E-state index in [9.17, 15) is 4.79 Å². The smallest absolute Gasteiger partial charge is 0.243 e. The van der Waals surface area contributed by atoms with Gasteiger partial charge in [-0.1, -0.05) is 29.8 Å². The molecule has 122 valence electrons. The van der Waals surface area contributed by atoms with Crippen LogP contribution in [0.3, 0.4) is 0 Å². The molecule has 0 aliphatic rings. The Kier molecular flexibility index (Phi) is 5.71. The molecule has 0 unspecified atom stereocenters. The number of hydrogen-bond acceptors (Lipinski definition) is 4. The lowest BCUT2D eigenvalue weighted by Gasteiger charge is -2.19. The second-order valence-corrected chi connectivity index (χ2v) is 5.33. The summed E-state index contributed by atoms with van der Waals surface area (Å²) in [5, 5.41) is 3.21. The predicted octanol–water partition coefficient (Wildman–Crippen LogP) is 3.43. The van der Waals surface area contributed by atoms with Gasteiger partial charge in [0.25, 0.3) is 0 Å². The van der Waals surface area contributed by atoms with Crippen LogP contribution >= 0.6 is 11.6 Å². The van der Waals surface area contributed by atoms with Crippen LogP contribution in [0.5, 0.6) is 11.5 Å². The molecule has 0 fully saturated rings. The highest BCUT2D eigenvalue weighted by atomic mass is 35.5. The van der Waals surface area contributed by atoms with Crippen LogP contribution in [0, 0.1) is 0 Å². The third-order valence-corrected chi connectivity index (χ3v) is 3.62. The lowest BCUT2D eigenvalue weighted by molar-refractivity contribution is -0.114. The number of methoxy groups -OCH3 is 2. The van der Waals surface area contributed by atoms with Gasteiger partial charge >= 0.3 is 0 Å². The van der Waals surface area contributed by atoms with Gasteiger partial charge in [-0.2, -0.15) is 0 Å². The Labute approximate surface area is 140 Å². The minimum Gasteiger partial charge on any atom is -0.495 e. The standard InChI is InChI=1S/C17H19ClN2O3/c1-20(12-7-5-4-6-8-12)11-17(21)19-14-9-13(18)15(22-2)10-16(14)23-3/h4-10H,11H2,1-3H3,(H,19,21). The van der Waals surface area contributed by atoms with Crippen LogP contribution in [-0.2, 0) is 4.79 Å². The number of carbonyl (C=O) groups is 1. The average Bonchev–Trinajstić information content (AvgIpc) is 2.55. The van der Waals surface area contributed by atoms with Crippen LogP contribution in [-0.4, -0.2) is 33.7 Å². The molecule has 5 nitrogen and oxygen atoms in total. The molecule has 23 heavy (non-hydrogen) atoms. The van der Waals surface area contributed by atoms with E-state index in [2.05, 4.69) is 5.32 Å². The van der Waals surface area contributed by atoms with Crippen molar-refractivity contribution in [3.8, 4) is 11.5 Å². The second-order valence-electron chi connectivity index (χ2n) is 4.93. The molecule has 0 saturated carbocycles. The lowest BCUT2D eigenvalue weighted by atomic mass is 10.2. The van der Waals surface area contributed by atoms with Gasteiger partial charge in [0.05, 0.1) is 31.5 Å². The zero-order chi connectivity index (χ0) is 16.8. The number of nitrogens with zero attached hydrogens (tertiary/aromatic N) is 1.